The number of halogens is 10. The summed E-state index contributed by atoms with van der Waals surface area (Å²) in [4.78, 5) is 0. The van der Waals surface area contributed by atoms with Crippen LogP contribution < -0.4 is 0 Å². The van der Waals surface area contributed by atoms with Crippen LogP contribution in [0.1, 0.15) is 20.8 Å². The van der Waals surface area contributed by atoms with Crippen LogP contribution in [0.25, 0.3) is 0 Å². The Labute approximate surface area is 143 Å². The van der Waals surface area contributed by atoms with Gasteiger partial charge in [0.25, 0.3) is 0 Å². The summed E-state index contributed by atoms with van der Waals surface area (Å²) in [6.07, 6.45) is -6.25. The smallest absolute Gasteiger partial charge is 0.485 e. The Morgan fingerprint density at radius 2 is 1.04 bits per heavy atom. The van der Waals surface area contributed by atoms with E-state index in [0.29, 0.717) is 0 Å². The van der Waals surface area contributed by atoms with Crippen molar-refractivity contribution in [1.82, 2.24) is 0 Å². The average molecular weight is 433 g/mol. The van der Waals surface area contributed by atoms with Crippen molar-refractivity contribution in [2.24, 2.45) is 0 Å². The highest BCUT2D eigenvalue weighted by molar-refractivity contribution is 7.86. The zero-order valence-electron chi connectivity index (χ0n) is 13.7. The van der Waals surface area contributed by atoms with Crippen molar-refractivity contribution in [3.63, 3.8) is 0 Å². The molecule has 0 saturated heterocycles. The Hall–Kier alpha value is -0.830. The predicted octanol–water partition coefficient (Wildman–Crippen LogP) is 3.75. The fraction of sp³-hybridized carbons (Fsp3) is 1.00. The predicted molar refractivity (Wildman–Crippen MR) is 68.5 cm³/mol. The highest BCUT2D eigenvalue weighted by Gasteiger charge is 2.74. The number of hydrogen-bond acceptors (Lipinski definition) is 3. The van der Waals surface area contributed by atoms with Crippen LogP contribution in [0, 0.1) is 0 Å². The van der Waals surface area contributed by atoms with Crippen LogP contribution >= 0.6 is 0 Å². The summed E-state index contributed by atoms with van der Waals surface area (Å²) < 4.78 is 146. The van der Waals surface area contributed by atoms with Gasteiger partial charge in [0.05, 0.1) is 19.6 Å². The van der Waals surface area contributed by atoms with Gasteiger partial charge < -0.3 is 9.04 Å². The third-order valence-electron chi connectivity index (χ3n) is 3.65. The maximum Gasteiger partial charge on any atom is 0.485 e. The van der Waals surface area contributed by atoms with Gasteiger partial charge in [0.1, 0.15) is 0 Å². The summed E-state index contributed by atoms with van der Waals surface area (Å²) in [5.41, 5.74) is -5.65. The Morgan fingerprint density at radius 3 is 1.19 bits per heavy atom. The summed E-state index contributed by atoms with van der Waals surface area (Å²) in [6, 6.07) is 0. The van der Waals surface area contributed by atoms with Crippen LogP contribution in [0.5, 0.6) is 0 Å². The molecule has 0 atom stereocenters. The molecule has 0 aliphatic rings. The van der Waals surface area contributed by atoms with Crippen molar-refractivity contribution in [2.45, 2.75) is 44.3 Å². The third-order valence-corrected chi connectivity index (χ3v) is 4.21. The fourth-order valence-electron chi connectivity index (χ4n) is 1.73. The van der Waals surface area contributed by atoms with E-state index in [4.69, 9.17) is 13.0 Å². The maximum absolute atomic E-state index is 13.3. The van der Waals surface area contributed by atoms with Gasteiger partial charge in [-0.1, -0.05) is 0 Å². The van der Waals surface area contributed by atoms with Crippen molar-refractivity contribution in [2.75, 3.05) is 26.2 Å². The zero-order valence-corrected chi connectivity index (χ0v) is 14.5. The average Bonchev–Trinajstić information content (AvgIpc) is 2.42. The van der Waals surface area contributed by atoms with Gasteiger partial charge in [0.15, 0.2) is 16.7 Å². The first-order valence-electron chi connectivity index (χ1n) is 6.83. The maximum atomic E-state index is 13.3. The lowest BCUT2D eigenvalue weighted by Crippen LogP contribution is -2.62. The lowest BCUT2D eigenvalue weighted by Gasteiger charge is -2.40. The molecule has 0 bridgehead atoms. The van der Waals surface area contributed by atoms with Crippen molar-refractivity contribution in [3.05, 3.63) is 0 Å². The summed E-state index contributed by atoms with van der Waals surface area (Å²) >= 11 is 0. The second-order valence-corrected chi connectivity index (χ2v) is 6.50. The minimum Gasteiger partial charge on any atom is -0.741 e. The molecule has 0 aliphatic carbocycles. The molecule has 0 spiro atoms. The van der Waals surface area contributed by atoms with Crippen LogP contribution in [0.2, 0.25) is 0 Å². The first-order chi connectivity index (χ1) is 11.1. The van der Waals surface area contributed by atoms with Gasteiger partial charge in [-0.05, 0) is 20.8 Å². The molecule has 0 radical (unpaired) electrons. The monoisotopic (exact) mass is 433 g/mol. The van der Waals surface area contributed by atoms with Crippen LogP contribution in [-0.2, 0) is 10.1 Å². The molecule has 4 nitrogen and oxygen atoms in total. The third kappa shape index (κ3) is 6.72. The molecule has 0 aromatic carbocycles. The summed E-state index contributed by atoms with van der Waals surface area (Å²) in [5.74, 6) is -11.1. The summed E-state index contributed by atoms with van der Waals surface area (Å²) in [5, 5.41) is 0. The minimum atomic E-state index is -6.25. The Balaban J connectivity index is 0. The van der Waals surface area contributed by atoms with E-state index < -0.39 is 44.7 Å². The number of quaternary nitrogens is 1. The SMILES string of the molecule is CC[N+](CC)(CC)CC(F)(F)C(F)(F)C(F)(F)F.O=S(=O)([O-])C(F)(F)F. The van der Waals surface area contributed by atoms with Gasteiger partial charge in [-0.15, -0.1) is 0 Å². The molecule has 0 saturated carbocycles. The summed E-state index contributed by atoms with van der Waals surface area (Å²) in [7, 11) is -6.09. The van der Waals surface area contributed by atoms with Gasteiger partial charge in [-0.25, -0.2) is 8.42 Å². The standard InChI is InChI=1S/C10H17F7N.CHF3O3S/c1-4-18(5-2,6-3)7-8(11,12)9(13,14)10(15,16)17;2-1(3,4)8(5,6)7/h4-7H2,1-3H3;(H,5,6,7)/q+1;/p-1. The molecule has 0 aromatic heterocycles. The number of nitrogens with zero attached hydrogens (tertiary/aromatic N) is 1. The van der Waals surface area contributed by atoms with E-state index in [1.165, 1.54) is 20.8 Å². The topological polar surface area (TPSA) is 57.2 Å². The first-order valence-corrected chi connectivity index (χ1v) is 8.24. The van der Waals surface area contributed by atoms with Gasteiger partial charge in [-0.2, -0.15) is 43.9 Å². The van der Waals surface area contributed by atoms with Crippen LogP contribution in [0.4, 0.5) is 43.9 Å². The van der Waals surface area contributed by atoms with Gasteiger partial charge in [0, 0.05) is 0 Å². The second kappa shape index (κ2) is 8.46. The Morgan fingerprint density at radius 1 is 0.769 bits per heavy atom. The number of rotatable bonds is 6. The molecule has 0 unspecified atom stereocenters. The number of hydrogen-bond donors (Lipinski definition) is 0. The molecule has 160 valence electrons. The van der Waals surface area contributed by atoms with Crippen molar-refractivity contribution < 1.29 is 61.4 Å². The van der Waals surface area contributed by atoms with Gasteiger partial charge in [-0.3, -0.25) is 0 Å². The van der Waals surface area contributed by atoms with Crippen molar-refractivity contribution in [1.29, 1.82) is 0 Å². The second-order valence-electron chi connectivity index (χ2n) is 5.12. The lowest BCUT2D eigenvalue weighted by molar-refractivity contribution is -0.931. The summed E-state index contributed by atoms with van der Waals surface area (Å²) in [6.45, 7) is 3.12. The zero-order chi connectivity index (χ0) is 21.8. The first kappa shape index (κ1) is 27.4. The molecule has 26 heavy (non-hydrogen) atoms. The number of alkyl halides is 10. The Kier molecular flexibility index (Phi) is 8.91. The minimum absolute atomic E-state index is 0.0660. The van der Waals surface area contributed by atoms with Crippen molar-refractivity contribution >= 4 is 10.1 Å². The van der Waals surface area contributed by atoms with E-state index in [2.05, 4.69) is 0 Å². The molecule has 15 heteroatoms. The Bertz CT molecular complexity index is 529. The van der Waals surface area contributed by atoms with E-state index in [-0.39, 0.29) is 19.6 Å². The normalized spacial score (nSPS) is 14.7. The largest absolute Gasteiger partial charge is 0.741 e. The van der Waals surface area contributed by atoms with Crippen LogP contribution in [0.15, 0.2) is 0 Å². The molecular formula is C11H17F10NO3S. The quantitative estimate of drug-likeness (QED) is 0.278. The molecule has 0 fully saturated rings. The molecule has 0 rings (SSSR count). The van der Waals surface area contributed by atoms with Gasteiger partial charge in [0.2, 0.25) is 0 Å². The van der Waals surface area contributed by atoms with Crippen LogP contribution in [0.3, 0.4) is 0 Å². The highest BCUT2D eigenvalue weighted by atomic mass is 32.2. The van der Waals surface area contributed by atoms with E-state index in [0.717, 1.165) is 0 Å². The molecule has 0 amide bonds. The lowest BCUT2D eigenvalue weighted by atomic mass is 10.1. The van der Waals surface area contributed by atoms with E-state index in [1.54, 1.807) is 0 Å². The van der Waals surface area contributed by atoms with E-state index in [9.17, 15) is 43.9 Å². The highest BCUT2D eigenvalue weighted by Crippen LogP contribution is 2.47. The molecule has 0 aromatic rings. The van der Waals surface area contributed by atoms with Gasteiger partial charge >= 0.3 is 23.5 Å². The fourth-order valence-corrected chi connectivity index (χ4v) is 1.73. The van der Waals surface area contributed by atoms with Crippen LogP contribution in [-0.4, -0.2) is 67.2 Å². The molecular weight excluding hydrogens is 416 g/mol. The van der Waals surface area contributed by atoms with E-state index in [1.807, 2.05) is 0 Å². The molecule has 0 N–H and O–H groups in total. The van der Waals surface area contributed by atoms with E-state index >= 15 is 0 Å². The molecule has 0 aliphatic heterocycles. The van der Waals surface area contributed by atoms with Crippen molar-refractivity contribution in [3.8, 4) is 0 Å². The molecule has 0 heterocycles.